The summed E-state index contributed by atoms with van der Waals surface area (Å²) in [4.78, 5) is 18.3. The largest absolute Gasteiger partial charge is 0.478 e. The predicted octanol–water partition coefficient (Wildman–Crippen LogP) is 3.06. The number of hydrogen-bond donors (Lipinski definition) is 1. The Balaban J connectivity index is 1.20. The van der Waals surface area contributed by atoms with Crippen LogP contribution in [0.5, 0.6) is 5.88 Å². The summed E-state index contributed by atoms with van der Waals surface area (Å²) in [6.07, 6.45) is 4.29. The van der Waals surface area contributed by atoms with E-state index in [4.69, 9.17) is 10.00 Å². The SMILES string of the molecule is N#Cc1ccc2c(c1)CCN(CCCCOc1ccc3c(n1)NC(=O)CC3)C2. The van der Waals surface area contributed by atoms with Crippen LogP contribution in [0.3, 0.4) is 0 Å². The van der Waals surface area contributed by atoms with Gasteiger partial charge in [-0.25, -0.2) is 0 Å². The van der Waals surface area contributed by atoms with Gasteiger partial charge in [0, 0.05) is 25.6 Å². The number of nitrogens with one attached hydrogen (secondary N) is 1. The van der Waals surface area contributed by atoms with Crippen LogP contribution in [0.2, 0.25) is 0 Å². The number of ether oxygens (including phenoxy) is 1. The summed E-state index contributed by atoms with van der Waals surface area (Å²) in [5, 5.41) is 11.8. The van der Waals surface area contributed by atoms with Crippen molar-refractivity contribution >= 4 is 11.7 Å². The number of nitriles is 1. The Morgan fingerprint density at radius 3 is 2.89 bits per heavy atom. The van der Waals surface area contributed by atoms with E-state index in [1.54, 1.807) is 0 Å². The van der Waals surface area contributed by atoms with Gasteiger partial charge in [0.05, 0.1) is 18.2 Å². The summed E-state index contributed by atoms with van der Waals surface area (Å²) in [6, 6.07) is 12.1. The van der Waals surface area contributed by atoms with Gasteiger partial charge in [0.2, 0.25) is 11.8 Å². The number of aromatic nitrogens is 1. The Morgan fingerprint density at radius 1 is 1.11 bits per heavy atom. The minimum atomic E-state index is 0.0177. The Kier molecular flexibility index (Phi) is 5.54. The first kappa shape index (κ1) is 18.5. The molecule has 28 heavy (non-hydrogen) atoms. The normalized spacial score (nSPS) is 15.9. The number of anilines is 1. The van der Waals surface area contributed by atoms with Crippen molar-refractivity contribution in [2.75, 3.05) is 25.0 Å². The van der Waals surface area contributed by atoms with Crippen LogP contribution in [0.4, 0.5) is 5.82 Å². The Labute approximate surface area is 165 Å². The molecule has 4 rings (SSSR count). The molecule has 2 aromatic rings. The third-order valence-electron chi connectivity index (χ3n) is 5.38. The number of rotatable bonds is 6. The smallest absolute Gasteiger partial charge is 0.225 e. The van der Waals surface area contributed by atoms with Gasteiger partial charge in [-0.05, 0) is 67.1 Å². The maximum atomic E-state index is 11.5. The molecule has 0 bridgehead atoms. The molecule has 2 aliphatic heterocycles. The van der Waals surface area contributed by atoms with Crippen LogP contribution >= 0.6 is 0 Å². The van der Waals surface area contributed by atoms with Crippen LogP contribution in [-0.4, -0.2) is 35.5 Å². The highest BCUT2D eigenvalue weighted by atomic mass is 16.5. The van der Waals surface area contributed by atoms with Gasteiger partial charge in [-0.1, -0.05) is 6.07 Å². The molecule has 0 spiro atoms. The van der Waals surface area contributed by atoms with E-state index in [0.717, 1.165) is 56.4 Å². The second-order valence-corrected chi connectivity index (χ2v) is 7.38. The van der Waals surface area contributed by atoms with E-state index in [1.165, 1.54) is 11.1 Å². The Bertz CT molecular complexity index is 919. The second-order valence-electron chi connectivity index (χ2n) is 7.38. The van der Waals surface area contributed by atoms with Gasteiger partial charge < -0.3 is 10.1 Å². The minimum Gasteiger partial charge on any atom is -0.478 e. The Hall–Kier alpha value is -2.91. The van der Waals surface area contributed by atoms with E-state index in [-0.39, 0.29) is 5.91 Å². The summed E-state index contributed by atoms with van der Waals surface area (Å²) in [5.41, 5.74) is 4.46. The molecule has 1 aromatic heterocycles. The lowest BCUT2D eigenvalue weighted by Crippen LogP contribution is -2.31. The van der Waals surface area contributed by atoms with E-state index in [9.17, 15) is 4.79 Å². The van der Waals surface area contributed by atoms with Crippen molar-refractivity contribution in [1.82, 2.24) is 9.88 Å². The highest BCUT2D eigenvalue weighted by Crippen LogP contribution is 2.23. The molecule has 0 fully saturated rings. The van der Waals surface area contributed by atoms with Gasteiger partial charge in [-0.3, -0.25) is 9.69 Å². The molecule has 0 saturated heterocycles. The van der Waals surface area contributed by atoms with Crippen LogP contribution in [0, 0.1) is 11.3 Å². The monoisotopic (exact) mass is 376 g/mol. The number of nitrogens with zero attached hydrogens (tertiary/aromatic N) is 3. The molecular formula is C22H24N4O2. The third kappa shape index (κ3) is 4.32. The van der Waals surface area contributed by atoms with E-state index in [1.807, 2.05) is 24.3 Å². The molecule has 1 amide bonds. The van der Waals surface area contributed by atoms with Crippen molar-refractivity contribution in [3.8, 4) is 11.9 Å². The fourth-order valence-corrected chi connectivity index (χ4v) is 3.79. The van der Waals surface area contributed by atoms with E-state index < -0.39 is 0 Å². The molecule has 0 unspecified atom stereocenters. The predicted molar refractivity (Wildman–Crippen MR) is 106 cm³/mol. The van der Waals surface area contributed by atoms with E-state index in [2.05, 4.69) is 27.3 Å². The van der Waals surface area contributed by atoms with Gasteiger partial charge in [0.25, 0.3) is 0 Å². The average molecular weight is 376 g/mol. The van der Waals surface area contributed by atoms with Crippen molar-refractivity contribution in [1.29, 1.82) is 5.26 Å². The maximum Gasteiger partial charge on any atom is 0.225 e. The van der Waals surface area contributed by atoms with Crippen molar-refractivity contribution in [3.63, 3.8) is 0 Å². The molecular weight excluding hydrogens is 352 g/mol. The molecule has 0 radical (unpaired) electrons. The number of unbranched alkanes of at least 4 members (excludes halogenated alkanes) is 1. The molecule has 3 heterocycles. The molecule has 6 nitrogen and oxygen atoms in total. The summed E-state index contributed by atoms with van der Waals surface area (Å²) in [7, 11) is 0. The first-order chi connectivity index (χ1) is 13.7. The van der Waals surface area contributed by atoms with Gasteiger partial charge >= 0.3 is 0 Å². The lowest BCUT2D eigenvalue weighted by Gasteiger charge is -2.28. The number of fused-ring (bicyclic) bond motifs is 2. The number of amides is 1. The van der Waals surface area contributed by atoms with Crippen LogP contribution in [0.25, 0.3) is 0 Å². The topological polar surface area (TPSA) is 78.2 Å². The number of carbonyl (C=O) groups excluding carboxylic acids is 1. The number of hydrogen-bond acceptors (Lipinski definition) is 5. The van der Waals surface area contributed by atoms with E-state index >= 15 is 0 Å². The third-order valence-corrected chi connectivity index (χ3v) is 5.38. The zero-order chi connectivity index (χ0) is 19.3. The first-order valence-corrected chi connectivity index (χ1v) is 9.88. The zero-order valence-electron chi connectivity index (χ0n) is 15.9. The lowest BCUT2D eigenvalue weighted by atomic mass is 9.97. The maximum absolute atomic E-state index is 11.5. The summed E-state index contributed by atoms with van der Waals surface area (Å²) in [6.45, 7) is 3.65. The molecule has 0 saturated carbocycles. The van der Waals surface area contributed by atoms with Gasteiger partial charge in [-0.2, -0.15) is 10.2 Å². The van der Waals surface area contributed by atoms with Crippen LogP contribution < -0.4 is 10.1 Å². The van der Waals surface area contributed by atoms with Crippen molar-refractivity contribution in [3.05, 3.63) is 52.6 Å². The highest BCUT2D eigenvalue weighted by molar-refractivity contribution is 5.92. The van der Waals surface area contributed by atoms with Crippen LogP contribution in [0.15, 0.2) is 30.3 Å². The second kappa shape index (κ2) is 8.41. The average Bonchev–Trinajstić information content (AvgIpc) is 2.72. The highest BCUT2D eigenvalue weighted by Gasteiger charge is 2.17. The standard InChI is InChI=1S/C22H24N4O2/c23-14-16-3-4-19-15-26(11-9-18(19)13-16)10-1-2-12-28-21-8-6-17-5-7-20(27)24-22(17)25-21/h3-4,6,8,13H,1-2,5,7,9-12,15H2,(H,24,25,27). The van der Waals surface area contributed by atoms with Crippen LogP contribution in [-0.2, 0) is 24.2 Å². The summed E-state index contributed by atoms with van der Waals surface area (Å²) in [5.74, 6) is 1.23. The summed E-state index contributed by atoms with van der Waals surface area (Å²) >= 11 is 0. The quantitative estimate of drug-likeness (QED) is 0.784. The van der Waals surface area contributed by atoms with Gasteiger partial charge in [0.1, 0.15) is 5.82 Å². The molecule has 1 N–H and O–H groups in total. The first-order valence-electron chi connectivity index (χ1n) is 9.88. The van der Waals surface area contributed by atoms with E-state index in [0.29, 0.717) is 24.7 Å². The molecule has 2 aliphatic rings. The zero-order valence-corrected chi connectivity index (χ0v) is 15.9. The van der Waals surface area contributed by atoms with Crippen molar-refractivity contribution < 1.29 is 9.53 Å². The van der Waals surface area contributed by atoms with Gasteiger partial charge in [-0.15, -0.1) is 0 Å². The summed E-state index contributed by atoms with van der Waals surface area (Å²) < 4.78 is 5.77. The van der Waals surface area contributed by atoms with Gasteiger partial charge in [0.15, 0.2) is 0 Å². The lowest BCUT2D eigenvalue weighted by molar-refractivity contribution is -0.116. The number of benzene rings is 1. The molecule has 6 heteroatoms. The minimum absolute atomic E-state index is 0.0177. The number of pyridine rings is 1. The molecule has 144 valence electrons. The number of carbonyl (C=O) groups is 1. The Morgan fingerprint density at radius 2 is 2.00 bits per heavy atom. The molecule has 0 atom stereocenters. The van der Waals surface area contributed by atoms with Crippen molar-refractivity contribution in [2.24, 2.45) is 0 Å². The van der Waals surface area contributed by atoms with Crippen molar-refractivity contribution in [2.45, 2.75) is 38.6 Å². The fraction of sp³-hybridized carbons (Fsp3) is 0.409. The van der Waals surface area contributed by atoms with Crippen LogP contribution in [0.1, 0.15) is 41.5 Å². The molecule has 0 aliphatic carbocycles. The number of aryl methyl sites for hydroxylation is 1. The fourth-order valence-electron chi connectivity index (χ4n) is 3.79. The molecule has 1 aromatic carbocycles.